The monoisotopic (exact) mass is 239 g/mol. The number of rotatable bonds is 3. The highest BCUT2D eigenvalue weighted by Gasteiger charge is 2.12. The number of nitrogens with two attached hydrogens (primary N) is 1. The molecule has 0 saturated heterocycles. The van der Waals surface area contributed by atoms with Gasteiger partial charge in [0.2, 0.25) is 0 Å². The van der Waals surface area contributed by atoms with Crippen LogP contribution in [0, 0.1) is 11.6 Å². The van der Waals surface area contributed by atoms with Crippen LogP contribution in [0.1, 0.15) is 17.2 Å². The SMILES string of the molecule is NC(Cc1ccsc1)c1ccc(F)cc1F. The third kappa shape index (κ3) is 2.46. The van der Waals surface area contributed by atoms with Gasteiger partial charge in [0.15, 0.2) is 0 Å². The summed E-state index contributed by atoms with van der Waals surface area (Å²) >= 11 is 1.57. The van der Waals surface area contributed by atoms with Gasteiger partial charge in [-0.1, -0.05) is 6.07 Å². The molecular formula is C12H11F2NS. The smallest absolute Gasteiger partial charge is 0.130 e. The van der Waals surface area contributed by atoms with Crippen LogP contribution in [0.15, 0.2) is 35.0 Å². The van der Waals surface area contributed by atoms with Gasteiger partial charge in [0.25, 0.3) is 0 Å². The van der Waals surface area contributed by atoms with Gasteiger partial charge in [-0.3, -0.25) is 0 Å². The van der Waals surface area contributed by atoms with Crippen LogP contribution in [-0.2, 0) is 6.42 Å². The molecule has 2 aromatic rings. The van der Waals surface area contributed by atoms with Crippen molar-refractivity contribution in [2.75, 3.05) is 0 Å². The van der Waals surface area contributed by atoms with Crippen LogP contribution in [0.5, 0.6) is 0 Å². The van der Waals surface area contributed by atoms with E-state index < -0.39 is 17.7 Å². The zero-order valence-electron chi connectivity index (χ0n) is 8.49. The number of benzene rings is 1. The van der Waals surface area contributed by atoms with Gasteiger partial charge in [-0.05, 0) is 34.9 Å². The van der Waals surface area contributed by atoms with Gasteiger partial charge in [-0.2, -0.15) is 11.3 Å². The van der Waals surface area contributed by atoms with Gasteiger partial charge in [0.05, 0.1) is 0 Å². The van der Waals surface area contributed by atoms with Gasteiger partial charge in [0, 0.05) is 17.7 Å². The predicted octanol–water partition coefficient (Wildman–Crippen LogP) is 3.27. The molecule has 0 amide bonds. The molecule has 2 N–H and O–H groups in total. The number of thiophene rings is 1. The Morgan fingerprint density at radius 2 is 2.06 bits per heavy atom. The maximum Gasteiger partial charge on any atom is 0.130 e. The zero-order valence-corrected chi connectivity index (χ0v) is 9.31. The van der Waals surface area contributed by atoms with E-state index in [-0.39, 0.29) is 0 Å². The average molecular weight is 239 g/mol. The molecule has 1 atom stereocenters. The quantitative estimate of drug-likeness (QED) is 0.874. The molecule has 0 spiro atoms. The third-order valence-corrected chi connectivity index (χ3v) is 3.13. The largest absolute Gasteiger partial charge is 0.324 e. The molecule has 2 rings (SSSR count). The second kappa shape index (κ2) is 4.72. The summed E-state index contributed by atoms with van der Waals surface area (Å²) in [6.07, 6.45) is 0.562. The van der Waals surface area contributed by atoms with E-state index in [1.807, 2.05) is 16.8 Å². The Bertz CT molecular complexity index is 468. The van der Waals surface area contributed by atoms with Crippen LogP contribution in [0.2, 0.25) is 0 Å². The maximum atomic E-state index is 13.4. The third-order valence-electron chi connectivity index (χ3n) is 2.40. The van der Waals surface area contributed by atoms with E-state index in [1.165, 1.54) is 12.1 Å². The first-order valence-electron chi connectivity index (χ1n) is 4.88. The van der Waals surface area contributed by atoms with Crippen molar-refractivity contribution in [2.24, 2.45) is 5.73 Å². The molecule has 0 saturated carbocycles. The Balaban J connectivity index is 2.17. The molecule has 0 aliphatic rings. The van der Waals surface area contributed by atoms with Crippen LogP contribution in [0.4, 0.5) is 8.78 Å². The van der Waals surface area contributed by atoms with Crippen molar-refractivity contribution >= 4 is 11.3 Å². The molecule has 16 heavy (non-hydrogen) atoms. The molecule has 84 valence electrons. The molecule has 1 unspecified atom stereocenters. The van der Waals surface area contributed by atoms with Gasteiger partial charge in [-0.25, -0.2) is 8.78 Å². The predicted molar refractivity (Wildman–Crippen MR) is 61.3 cm³/mol. The van der Waals surface area contributed by atoms with Crippen molar-refractivity contribution in [3.63, 3.8) is 0 Å². The van der Waals surface area contributed by atoms with Crippen LogP contribution in [0.3, 0.4) is 0 Å². The lowest BCUT2D eigenvalue weighted by atomic mass is 10.0. The van der Waals surface area contributed by atoms with E-state index in [0.717, 1.165) is 11.6 Å². The molecule has 0 bridgehead atoms. The van der Waals surface area contributed by atoms with Crippen molar-refractivity contribution in [3.8, 4) is 0 Å². The van der Waals surface area contributed by atoms with E-state index in [2.05, 4.69) is 0 Å². The summed E-state index contributed by atoms with van der Waals surface area (Å²) in [5, 5.41) is 3.92. The summed E-state index contributed by atoms with van der Waals surface area (Å²) < 4.78 is 26.1. The van der Waals surface area contributed by atoms with Crippen LogP contribution < -0.4 is 5.73 Å². The fourth-order valence-electron chi connectivity index (χ4n) is 1.57. The van der Waals surface area contributed by atoms with E-state index >= 15 is 0 Å². The summed E-state index contributed by atoms with van der Waals surface area (Å²) in [7, 11) is 0. The van der Waals surface area contributed by atoms with E-state index in [4.69, 9.17) is 5.73 Å². The Morgan fingerprint density at radius 1 is 1.25 bits per heavy atom. The van der Waals surface area contributed by atoms with E-state index in [1.54, 1.807) is 11.3 Å². The lowest BCUT2D eigenvalue weighted by Gasteiger charge is -2.11. The van der Waals surface area contributed by atoms with Crippen molar-refractivity contribution in [2.45, 2.75) is 12.5 Å². The summed E-state index contributed by atoms with van der Waals surface area (Å²) in [6, 6.07) is 5.01. The van der Waals surface area contributed by atoms with Gasteiger partial charge < -0.3 is 5.73 Å². The van der Waals surface area contributed by atoms with Gasteiger partial charge in [-0.15, -0.1) is 0 Å². The molecule has 1 aromatic carbocycles. The zero-order chi connectivity index (χ0) is 11.5. The highest BCUT2D eigenvalue weighted by molar-refractivity contribution is 7.07. The fourth-order valence-corrected chi connectivity index (χ4v) is 2.26. The molecule has 4 heteroatoms. The maximum absolute atomic E-state index is 13.4. The Kier molecular flexibility index (Phi) is 3.31. The molecule has 1 nitrogen and oxygen atoms in total. The lowest BCUT2D eigenvalue weighted by molar-refractivity contribution is 0.554. The molecule has 0 aliphatic carbocycles. The fraction of sp³-hybridized carbons (Fsp3) is 0.167. The minimum absolute atomic E-state index is 0.354. The van der Waals surface area contributed by atoms with Crippen LogP contribution in [-0.4, -0.2) is 0 Å². The molecule has 1 aromatic heterocycles. The highest BCUT2D eigenvalue weighted by Crippen LogP contribution is 2.20. The molecule has 1 heterocycles. The second-order valence-electron chi connectivity index (χ2n) is 3.61. The number of hydrogen-bond donors (Lipinski definition) is 1. The lowest BCUT2D eigenvalue weighted by Crippen LogP contribution is -2.14. The topological polar surface area (TPSA) is 26.0 Å². The Labute approximate surface area is 96.5 Å². The first-order valence-corrected chi connectivity index (χ1v) is 5.82. The summed E-state index contributed by atoms with van der Waals surface area (Å²) in [5.74, 6) is -1.16. The van der Waals surface area contributed by atoms with E-state index in [9.17, 15) is 8.78 Å². The van der Waals surface area contributed by atoms with Crippen LogP contribution >= 0.6 is 11.3 Å². The molecule has 0 fully saturated rings. The number of halogens is 2. The summed E-state index contributed by atoms with van der Waals surface area (Å²) in [5.41, 5.74) is 7.30. The number of hydrogen-bond acceptors (Lipinski definition) is 2. The normalized spacial score (nSPS) is 12.7. The molecule has 0 aliphatic heterocycles. The van der Waals surface area contributed by atoms with Crippen LogP contribution in [0.25, 0.3) is 0 Å². The van der Waals surface area contributed by atoms with Crippen molar-refractivity contribution < 1.29 is 8.78 Å². The highest BCUT2D eigenvalue weighted by atomic mass is 32.1. The van der Waals surface area contributed by atoms with Gasteiger partial charge in [0.1, 0.15) is 11.6 Å². The van der Waals surface area contributed by atoms with Gasteiger partial charge >= 0.3 is 0 Å². The average Bonchev–Trinajstić information content (AvgIpc) is 2.70. The minimum Gasteiger partial charge on any atom is -0.324 e. The standard InChI is InChI=1S/C12H11F2NS/c13-9-1-2-10(11(14)6-9)12(15)5-8-3-4-16-7-8/h1-4,6-7,12H,5,15H2. The Morgan fingerprint density at radius 3 is 2.69 bits per heavy atom. The minimum atomic E-state index is -0.581. The molecular weight excluding hydrogens is 228 g/mol. The van der Waals surface area contributed by atoms with Crippen molar-refractivity contribution in [3.05, 3.63) is 57.8 Å². The summed E-state index contributed by atoms with van der Waals surface area (Å²) in [4.78, 5) is 0. The van der Waals surface area contributed by atoms with Crippen molar-refractivity contribution in [1.29, 1.82) is 0 Å². The summed E-state index contributed by atoms with van der Waals surface area (Å²) in [6.45, 7) is 0. The first-order chi connectivity index (χ1) is 7.66. The van der Waals surface area contributed by atoms with Crippen molar-refractivity contribution in [1.82, 2.24) is 0 Å². The first kappa shape index (κ1) is 11.2. The second-order valence-corrected chi connectivity index (χ2v) is 4.39. The molecule has 0 radical (unpaired) electrons. The Hall–Kier alpha value is -1.26. The van der Waals surface area contributed by atoms with E-state index in [0.29, 0.717) is 12.0 Å².